The van der Waals surface area contributed by atoms with E-state index in [0.29, 0.717) is 6.61 Å². The number of rotatable bonds is 1. The summed E-state index contributed by atoms with van der Waals surface area (Å²) in [5.41, 5.74) is 0. The van der Waals surface area contributed by atoms with E-state index in [4.69, 9.17) is 14.2 Å². The summed E-state index contributed by atoms with van der Waals surface area (Å²) in [7, 11) is 1.43. The van der Waals surface area contributed by atoms with Gasteiger partial charge in [-0.25, -0.2) is 0 Å². The van der Waals surface area contributed by atoms with Gasteiger partial charge in [0.25, 0.3) is 0 Å². The number of esters is 1. The number of carbonyl (C=O) groups excluding carboxylic acids is 1. The highest BCUT2D eigenvalue weighted by Crippen LogP contribution is 2.49. The van der Waals surface area contributed by atoms with Crippen LogP contribution >= 0.6 is 0 Å². The molecule has 5 unspecified atom stereocenters. The van der Waals surface area contributed by atoms with Crippen LogP contribution in [0.15, 0.2) is 0 Å². The summed E-state index contributed by atoms with van der Waals surface area (Å²) >= 11 is 0. The van der Waals surface area contributed by atoms with Crippen molar-refractivity contribution < 1.29 is 19.0 Å². The zero-order valence-electron chi connectivity index (χ0n) is 7.43. The molecule has 0 aromatic carbocycles. The largest absolute Gasteiger partial charge is 0.469 e. The maximum atomic E-state index is 11.4. The Morgan fingerprint density at radius 3 is 3.08 bits per heavy atom. The van der Waals surface area contributed by atoms with Gasteiger partial charge in [0.2, 0.25) is 0 Å². The van der Waals surface area contributed by atoms with Gasteiger partial charge in [0, 0.05) is 12.3 Å². The summed E-state index contributed by atoms with van der Waals surface area (Å²) < 4.78 is 16.0. The molecule has 0 aromatic heterocycles. The van der Waals surface area contributed by atoms with Gasteiger partial charge in [0.1, 0.15) is 0 Å². The highest BCUT2D eigenvalue weighted by Gasteiger charge is 2.61. The van der Waals surface area contributed by atoms with Crippen molar-refractivity contribution in [2.45, 2.75) is 24.7 Å². The first-order valence-corrected chi connectivity index (χ1v) is 4.66. The minimum Gasteiger partial charge on any atom is -0.469 e. The van der Waals surface area contributed by atoms with Crippen molar-refractivity contribution in [3.05, 3.63) is 0 Å². The lowest BCUT2D eigenvalue weighted by Crippen LogP contribution is -2.35. The second-order valence-electron chi connectivity index (χ2n) is 3.96. The lowest BCUT2D eigenvalue weighted by atomic mass is 9.80. The Morgan fingerprint density at radius 1 is 1.46 bits per heavy atom. The Kier molecular flexibility index (Phi) is 1.46. The molecule has 3 fully saturated rings. The first kappa shape index (κ1) is 7.76. The molecule has 72 valence electrons. The maximum absolute atomic E-state index is 11.4. The van der Waals surface area contributed by atoms with Crippen LogP contribution in [0.25, 0.3) is 0 Å². The van der Waals surface area contributed by atoms with Crippen molar-refractivity contribution in [1.82, 2.24) is 0 Å². The minimum absolute atomic E-state index is 0.0509. The van der Waals surface area contributed by atoms with Crippen LogP contribution in [0, 0.1) is 11.8 Å². The van der Waals surface area contributed by atoms with Crippen LogP contribution in [-0.2, 0) is 19.0 Å². The van der Waals surface area contributed by atoms with Crippen molar-refractivity contribution >= 4 is 5.97 Å². The number of ether oxygens (including phenoxy) is 3. The lowest BCUT2D eigenvalue weighted by Gasteiger charge is -2.20. The molecule has 3 heterocycles. The molecule has 3 saturated heterocycles. The Labute approximate surface area is 76.1 Å². The number of methoxy groups -OCH3 is 1. The van der Waals surface area contributed by atoms with Crippen molar-refractivity contribution in [1.29, 1.82) is 0 Å². The predicted octanol–water partition coefficient (Wildman–Crippen LogP) is -0.0383. The van der Waals surface area contributed by atoms with Gasteiger partial charge in [-0.1, -0.05) is 0 Å². The van der Waals surface area contributed by atoms with E-state index in [9.17, 15) is 4.79 Å². The van der Waals surface area contributed by atoms with E-state index in [0.717, 1.165) is 6.42 Å². The number of carbonyl (C=O) groups is 1. The minimum atomic E-state index is -0.138. The Hall–Kier alpha value is -0.610. The van der Waals surface area contributed by atoms with Gasteiger partial charge in [-0.2, -0.15) is 0 Å². The summed E-state index contributed by atoms with van der Waals surface area (Å²) in [4.78, 5) is 11.4. The average molecular weight is 184 g/mol. The fraction of sp³-hybridized carbons (Fsp3) is 0.889. The van der Waals surface area contributed by atoms with E-state index in [-0.39, 0.29) is 36.1 Å². The molecule has 13 heavy (non-hydrogen) atoms. The summed E-state index contributed by atoms with van der Waals surface area (Å²) in [5.74, 6) is 0.0337. The van der Waals surface area contributed by atoms with E-state index in [1.807, 2.05) is 0 Å². The third-order valence-electron chi connectivity index (χ3n) is 3.42. The van der Waals surface area contributed by atoms with E-state index in [1.54, 1.807) is 0 Å². The Morgan fingerprint density at radius 2 is 2.31 bits per heavy atom. The maximum Gasteiger partial charge on any atom is 0.311 e. The van der Waals surface area contributed by atoms with Crippen LogP contribution in [0.2, 0.25) is 0 Å². The van der Waals surface area contributed by atoms with Crippen molar-refractivity contribution in [2.24, 2.45) is 11.8 Å². The fourth-order valence-electron chi connectivity index (χ4n) is 2.85. The predicted molar refractivity (Wildman–Crippen MR) is 42.0 cm³/mol. The summed E-state index contributed by atoms with van der Waals surface area (Å²) in [6.45, 7) is 0.658. The second kappa shape index (κ2) is 2.45. The van der Waals surface area contributed by atoms with Gasteiger partial charge in [0.05, 0.1) is 37.9 Å². The Bertz CT molecular complexity index is 250. The third kappa shape index (κ3) is 0.849. The van der Waals surface area contributed by atoms with Gasteiger partial charge >= 0.3 is 5.97 Å². The van der Waals surface area contributed by atoms with E-state index in [1.165, 1.54) is 7.11 Å². The molecule has 0 radical (unpaired) electrons. The van der Waals surface area contributed by atoms with E-state index in [2.05, 4.69) is 0 Å². The second-order valence-corrected chi connectivity index (χ2v) is 3.96. The van der Waals surface area contributed by atoms with Gasteiger partial charge in [-0.3, -0.25) is 4.79 Å². The van der Waals surface area contributed by atoms with Gasteiger partial charge in [0.15, 0.2) is 0 Å². The molecule has 0 N–H and O–H groups in total. The molecule has 0 spiro atoms. The highest BCUT2D eigenvalue weighted by atomic mass is 16.6. The van der Waals surface area contributed by atoms with E-state index >= 15 is 0 Å². The van der Waals surface area contributed by atoms with E-state index < -0.39 is 0 Å². The Balaban J connectivity index is 1.88. The van der Waals surface area contributed by atoms with Crippen LogP contribution in [0.4, 0.5) is 0 Å². The SMILES string of the molecule is COC(=O)C1C2CC3OCC1C3O2. The molecular formula is C9H12O4. The van der Waals surface area contributed by atoms with Gasteiger partial charge in [-0.15, -0.1) is 0 Å². The number of hydrogen-bond donors (Lipinski definition) is 0. The van der Waals surface area contributed by atoms with Crippen LogP contribution in [-0.4, -0.2) is 38.0 Å². The molecule has 0 amide bonds. The summed E-state index contributed by atoms with van der Waals surface area (Å²) in [6.07, 6.45) is 1.32. The zero-order valence-corrected chi connectivity index (χ0v) is 7.43. The number of fused-ring (bicyclic) bond motifs is 1. The molecular weight excluding hydrogens is 172 g/mol. The highest BCUT2D eigenvalue weighted by molar-refractivity contribution is 5.74. The lowest BCUT2D eigenvalue weighted by molar-refractivity contribution is -0.148. The van der Waals surface area contributed by atoms with Crippen molar-refractivity contribution in [3.8, 4) is 0 Å². The van der Waals surface area contributed by atoms with Gasteiger partial charge in [-0.05, 0) is 0 Å². The van der Waals surface area contributed by atoms with Crippen molar-refractivity contribution in [3.63, 3.8) is 0 Å². The first-order valence-electron chi connectivity index (χ1n) is 4.66. The van der Waals surface area contributed by atoms with Crippen LogP contribution in [0.5, 0.6) is 0 Å². The molecule has 0 aromatic rings. The molecule has 3 aliphatic rings. The first-order chi connectivity index (χ1) is 6.31. The molecule has 3 aliphatic heterocycles. The zero-order chi connectivity index (χ0) is 9.00. The monoisotopic (exact) mass is 184 g/mol. The molecule has 4 heteroatoms. The quantitative estimate of drug-likeness (QED) is 0.536. The molecule has 5 atom stereocenters. The molecule has 2 bridgehead atoms. The van der Waals surface area contributed by atoms with Crippen LogP contribution < -0.4 is 0 Å². The average Bonchev–Trinajstić information content (AvgIpc) is 2.71. The van der Waals surface area contributed by atoms with Crippen LogP contribution in [0.3, 0.4) is 0 Å². The fourth-order valence-corrected chi connectivity index (χ4v) is 2.85. The topological polar surface area (TPSA) is 44.8 Å². The normalized spacial score (nSPS) is 51.3. The summed E-state index contributed by atoms with van der Waals surface area (Å²) in [6, 6.07) is 0. The number of hydrogen-bond acceptors (Lipinski definition) is 4. The molecule has 0 aliphatic carbocycles. The molecule has 0 saturated carbocycles. The smallest absolute Gasteiger partial charge is 0.311 e. The standard InChI is InChI=1S/C9H12O4/c1-11-9(10)7-4-3-12-6-2-5(7)13-8(4)6/h4-8H,2-3H2,1H3. The van der Waals surface area contributed by atoms with Gasteiger partial charge < -0.3 is 14.2 Å². The van der Waals surface area contributed by atoms with Crippen LogP contribution in [0.1, 0.15) is 6.42 Å². The summed E-state index contributed by atoms with van der Waals surface area (Å²) in [5, 5.41) is 0. The molecule has 3 rings (SSSR count). The molecule has 4 nitrogen and oxygen atoms in total. The van der Waals surface area contributed by atoms with Crippen molar-refractivity contribution in [2.75, 3.05) is 13.7 Å². The third-order valence-corrected chi connectivity index (χ3v) is 3.42.